The second-order valence-corrected chi connectivity index (χ2v) is 6.28. The summed E-state index contributed by atoms with van der Waals surface area (Å²) in [5, 5.41) is 17.5. The molecule has 1 aromatic carbocycles. The van der Waals surface area contributed by atoms with Crippen molar-refractivity contribution in [1.29, 1.82) is 0 Å². The van der Waals surface area contributed by atoms with E-state index in [-0.39, 0.29) is 12.4 Å². The molecular weight excluding hydrogens is 306 g/mol. The smallest absolute Gasteiger partial charge is 0.435 e. The Morgan fingerprint density at radius 3 is 2.86 bits per heavy atom. The van der Waals surface area contributed by atoms with Crippen LogP contribution in [0.5, 0.6) is 0 Å². The SMILES string of the molecule is CC(C)(C)OC(=O)n1ncc2cccc(NCC(O)CCl)c21. The third-order valence-corrected chi connectivity index (χ3v) is 3.22. The highest BCUT2D eigenvalue weighted by molar-refractivity contribution is 6.18. The number of ether oxygens (including phenoxy) is 1. The summed E-state index contributed by atoms with van der Waals surface area (Å²) in [6, 6.07) is 5.51. The van der Waals surface area contributed by atoms with Gasteiger partial charge in [-0.05, 0) is 26.8 Å². The van der Waals surface area contributed by atoms with Crippen LogP contribution in [0, 0.1) is 0 Å². The highest BCUT2D eigenvalue weighted by atomic mass is 35.5. The van der Waals surface area contributed by atoms with E-state index in [1.54, 1.807) is 27.0 Å². The van der Waals surface area contributed by atoms with Gasteiger partial charge in [0.05, 0.1) is 23.9 Å². The van der Waals surface area contributed by atoms with E-state index < -0.39 is 17.8 Å². The summed E-state index contributed by atoms with van der Waals surface area (Å²) in [5.41, 5.74) is 0.690. The molecule has 0 aliphatic carbocycles. The van der Waals surface area contributed by atoms with E-state index in [0.29, 0.717) is 11.2 Å². The Balaban J connectivity index is 2.34. The Bertz CT molecular complexity index is 664. The van der Waals surface area contributed by atoms with Gasteiger partial charge in [-0.15, -0.1) is 11.6 Å². The summed E-state index contributed by atoms with van der Waals surface area (Å²) in [6.07, 6.45) is 0.382. The van der Waals surface area contributed by atoms with Crippen molar-refractivity contribution in [1.82, 2.24) is 9.78 Å². The Kier molecular flexibility index (Phi) is 4.93. The number of aliphatic hydroxyl groups excluding tert-OH is 1. The fourth-order valence-corrected chi connectivity index (χ4v) is 2.06. The maximum absolute atomic E-state index is 12.3. The molecule has 22 heavy (non-hydrogen) atoms. The lowest BCUT2D eigenvalue weighted by molar-refractivity contribution is 0.0523. The second kappa shape index (κ2) is 6.54. The number of carbonyl (C=O) groups is 1. The van der Waals surface area contributed by atoms with E-state index in [2.05, 4.69) is 10.4 Å². The van der Waals surface area contributed by atoms with Gasteiger partial charge in [0.15, 0.2) is 0 Å². The third kappa shape index (κ3) is 3.90. The maximum atomic E-state index is 12.3. The summed E-state index contributed by atoms with van der Waals surface area (Å²) in [4.78, 5) is 12.3. The monoisotopic (exact) mass is 325 g/mol. The van der Waals surface area contributed by atoms with Crippen LogP contribution in [0.3, 0.4) is 0 Å². The lowest BCUT2D eigenvalue weighted by Crippen LogP contribution is -2.28. The molecule has 2 aromatic rings. The number of nitrogens with one attached hydrogen (secondary N) is 1. The predicted molar refractivity (Wildman–Crippen MR) is 86.6 cm³/mol. The van der Waals surface area contributed by atoms with Crippen molar-refractivity contribution in [2.45, 2.75) is 32.5 Å². The van der Waals surface area contributed by atoms with Crippen molar-refractivity contribution >= 4 is 34.3 Å². The quantitative estimate of drug-likeness (QED) is 0.845. The number of alkyl halides is 1. The number of fused-ring (bicyclic) bond motifs is 1. The summed E-state index contributed by atoms with van der Waals surface area (Å²) >= 11 is 5.59. The maximum Gasteiger partial charge on any atom is 0.435 e. The first-order valence-electron chi connectivity index (χ1n) is 7.00. The molecule has 2 rings (SSSR count). The number of para-hydroxylation sites is 1. The molecule has 1 aromatic heterocycles. The van der Waals surface area contributed by atoms with Gasteiger partial charge in [-0.25, -0.2) is 4.79 Å². The molecule has 0 amide bonds. The summed E-state index contributed by atoms with van der Waals surface area (Å²) in [6.45, 7) is 5.67. The molecule has 0 aliphatic heterocycles. The van der Waals surface area contributed by atoms with Gasteiger partial charge in [0.1, 0.15) is 11.1 Å². The van der Waals surface area contributed by atoms with Gasteiger partial charge in [0.25, 0.3) is 0 Å². The molecule has 0 bridgehead atoms. The number of hydrogen-bond acceptors (Lipinski definition) is 5. The minimum absolute atomic E-state index is 0.133. The number of carbonyl (C=O) groups excluding carboxylic acids is 1. The number of aliphatic hydroxyl groups is 1. The number of halogens is 1. The second-order valence-electron chi connectivity index (χ2n) is 5.97. The van der Waals surface area contributed by atoms with Crippen molar-refractivity contribution < 1.29 is 14.6 Å². The van der Waals surface area contributed by atoms with Crippen LogP contribution >= 0.6 is 11.6 Å². The number of anilines is 1. The van der Waals surface area contributed by atoms with E-state index in [0.717, 1.165) is 5.39 Å². The molecule has 1 unspecified atom stereocenters. The van der Waals surface area contributed by atoms with Crippen LogP contribution in [0.25, 0.3) is 10.9 Å². The minimum Gasteiger partial charge on any atom is -0.442 e. The Morgan fingerprint density at radius 2 is 2.23 bits per heavy atom. The number of rotatable bonds is 4. The summed E-state index contributed by atoms with van der Waals surface area (Å²) in [7, 11) is 0. The van der Waals surface area contributed by atoms with Crippen molar-refractivity contribution in [3.63, 3.8) is 0 Å². The zero-order valence-corrected chi connectivity index (χ0v) is 13.6. The highest BCUT2D eigenvalue weighted by Gasteiger charge is 2.21. The molecule has 120 valence electrons. The van der Waals surface area contributed by atoms with Crippen molar-refractivity contribution in [2.24, 2.45) is 0 Å². The van der Waals surface area contributed by atoms with Gasteiger partial charge in [-0.2, -0.15) is 9.78 Å². The van der Waals surface area contributed by atoms with Crippen LogP contribution in [0.1, 0.15) is 20.8 Å². The van der Waals surface area contributed by atoms with Crippen LogP contribution in [0.15, 0.2) is 24.4 Å². The van der Waals surface area contributed by atoms with Gasteiger partial charge in [0, 0.05) is 11.9 Å². The number of nitrogens with zero attached hydrogens (tertiary/aromatic N) is 2. The van der Waals surface area contributed by atoms with Gasteiger partial charge >= 0.3 is 6.09 Å². The van der Waals surface area contributed by atoms with Crippen molar-refractivity contribution in [3.8, 4) is 0 Å². The van der Waals surface area contributed by atoms with Crippen LogP contribution in [-0.4, -0.2) is 45.1 Å². The van der Waals surface area contributed by atoms with E-state index in [1.807, 2.05) is 18.2 Å². The molecule has 1 atom stereocenters. The van der Waals surface area contributed by atoms with Crippen LogP contribution in [0.2, 0.25) is 0 Å². The topological polar surface area (TPSA) is 76.4 Å². The molecule has 6 nitrogen and oxygen atoms in total. The van der Waals surface area contributed by atoms with Crippen LogP contribution in [0.4, 0.5) is 10.5 Å². The molecule has 0 spiro atoms. The Hall–Kier alpha value is -1.79. The summed E-state index contributed by atoms with van der Waals surface area (Å²) in [5.74, 6) is 0.133. The average molecular weight is 326 g/mol. The first-order valence-corrected chi connectivity index (χ1v) is 7.53. The standard InChI is InChI=1S/C15H20ClN3O3/c1-15(2,3)22-14(21)19-13-10(8-18-19)5-4-6-12(13)17-9-11(20)7-16/h4-6,8,11,17,20H,7,9H2,1-3H3. The van der Waals surface area contributed by atoms with E-state index in [9.17, 15) is 9.90 Å². The first kappa shape index (κ1) is 16.6. The fourth-order valence-electron chi connectivity index (χ4n) is 1.95. The van der Waals surface area contributed by atoms with Gasteiger partial charge < -0.3 is 15.2 Å². The fraction of sp³-hybridized carbons (Fsp3) is 0.467. The predicted octanol–water partition coefficient (Wildman–Crippen LogP) is 2.83. The molecular formula is C15H20ClN3O3. The van der Waals surface area contributed by atoms with Gasteiger partial charge in [-0.3, -0.25) is 0 Å². The van der Waals surface area contributed by atoms with Gasteiger partial charge in [0.2, 0.25) is 0 Å². The molecule has 0 fully saturated rings. The van der Waals surface area contributed by atoms with Gasteiger partial charge in [-0.1, -0.05) is 12.1 Å². The average Bonchev–Trinajstić information content (AvgIpc) is 2.87. The molecule has 2 N–H and O–H groups in total. The minimum atomic E-state index is -0.671. The Morgan fingerprint density at radius 1 is 1.50 bits per heavy atom. The van der Waals surface area contributed by atoms with E-state index >= 15 is 0 Å². The lowest BCUT2D eigenvalue weighted by atomic mass is 10.2. The Labute approximate surface area is 134 Å². The van der Waals surface area contributed by atoms with E-state index in [4.69, 9.17) is 16.3 Å². The normalized spacial score (nSPS) is 13.1. The largest absolute Gasteiger partial charge is 0.442 e. The molecule has 1 heterocycles. The molecule has 0 saturated heterocycles. The van der Waals surface area contributed by atoms with Crippen molar-refractivity contribution in [2.75, 3.05) is 17.7 Å². The molecule has 7 heteroatoms. The van der Waals surface area contributed by atoms with Crippen molar-refractivity contribution in [3.05, 3.63) is 24.4 Å². The zero-order valence-electron chi connectivity index (χ0n) is 12.8. The third-order valence-electron chi connectivity index (χ3n) is 2.86. The number of hydrogen-bond donors (Lipinski definition) is 2. The molecule has 0 aliphatic rings. The van der Waals surface area contributed by atoms with Crippen LogP contribution in [-0.2, 0) is 4.74 Å². The molecule has 0 saturated carbocycles. The lowest BCUT2D eigenvalue weighted by Gasteiger charge is -2.19. The summed E-state index contributed by atoms with van der Waals surface area (Å²) < 4.78 is 6.57. The zero-order chi connectivity index (χ0) is 16.3. The number of aromatic nitrogens is 2. The first-order chi connectivity index (χ1) is 10.3. The van der Waals surface area contributed by atoms with E-state index in [1.165, 1.54) is 4.68 Å². The molecule has 0 radical (unpaired) electrons. The number of benzene rings is 1. The van der Waals surface area contributed by atoms with Crippen LogP contribution < -0.4 is 5.32 Å². The highest BCUT2D eigenvalue weighted by Crippen LogP contribution is 2.24.